The Morgan fingerprint density at radius 1 is 1.10 bits per heavy atom. The van der Waals surface area contributed by atoms with E-state index in [1.165, 1.54) is 0 Å². The molecule has 1 amide bonds. The second-order valence-corrected chi connectivity index (χ2v) is 6.24. The third-order valence-corrected chi connectivity index (χ3v) is 5.25. The molecule has 0 saturated carbocycles. The van der Waals surface area contributed by atoms with Gasteiger partial charge in [-0.3, -0.25) is 9.79 Å². The quantitative estimate of drug-likeness (QED) is 0.740. The molecule has 1 aliphatic heterocycles. The van der Waals surface area contributed by atoms with Crippen LogP contribution in [0.5, 0.6) is 0 Å². The standard InChI is InChI=1S/C17H16N2OS/c1-9-10(2)15(17(18)20)11(3)16-12(9)8-19-13-6-4-5-7-14(13)21-16/h4-8H,1-3H3,(H2,18,20). The van der Waals surface area contributed by atoms with Crippen molar-refractivity contribution in [2.24, 2.45) is 10.7 Å². The molecular formula is C17H16N2OS. The minimum atomic E-state index is -0.369. The summed E-state index contributed by atoms with van der Waals surface area (Å²) in [5.74, 6) is -0.369. The Kier molecular flexibility index (Phi) is 3.33. The molecule has 21 heavy (non-hydrogen) atoms. The van der Waals surface area contributed by atoms with Gasteiger partial charge in [0.2, 0.25) is 5.91 Å². The summed E-state index contributed by atoms with van der Waals surface area (Å²) in [6.45, 7) is 5.92. The molecule has 0 saturated heterocycles. The highest BCUT2D eigenvalue weighted by Gasteiger charge is 2.22. The Bertz CT molecular complexity index is 794. The predicted octanol–water partition coefficient (Wildman–Crippen LogP) is 3.93. The van der Waals surface area contributed by atoms with Crippen molar-refractivity contribution in [2.45, 2.75) is 30.6 Å². The fourth-order valence-corrected chi connectivity index (χ4v) is 3.87. The Balaban J connectivity index is 2.32. The summed E-state index contributed by atoms with van der Waals surface area (Å²) < 4.78 is 0. The lowest BCUT2D eigenvalue weighted by atomic mass is 9.93. The lowest BCUT2D eigenvalue weighted by Gasteiger charge is -2.17. The molecule has 0 atom stereocenters. The molecular weight excluding hydrogens is 280 g/mol. The van der Waals surface area contributed by atoms with Gasteiger partial charge in [-0.1, -0.05) is 23.9 Å². The number of nitrogens with zero attached hydrogens (tertiary/aromatic N) is 1. The Morgan fingerprint density at radius 3 is 2.52 bits per heavy atom. The molecule has 3 nitrogen and oxygen atoms in total. The number of fused-ring (bicyclic) bond motifs is 2. The lowest BCUT2D eigenvalue weighted by Crippen LogP contribution is -2.17. The van der Waals surface area contributed by atoms with Crippen LogP contribution in [0, 0.1) is 20.8 Å². The first kappa shape index (κ1) is 13.9. The van der Waals surface area contributed by atoms with Crippen molar-refractivity contribution in [2.75, 3.05) is 0 Å². The highest BCUT2D eigenvalue weighted by molar-refractivity contribution is 7.99. The number of benzene rings is 2. The number of primary amides is 1. The number of carbonyl (C=O) groups excluding carboxylic acids is 1. The largest absolute Gasteiger partial charge is 0.366 e. The van der Waals surface area contributed by atoms with Crippen LogP contribution < -0.4 is 5.73 Å². The minimum absolute atomic E-state index is 0.369. The summed E-state index contributed by atoms with van der Waals surface area (Å²) in [5.41, 5.74) is 11.2. The van der Waals surface area contributed by atoms with Crippen molar-refractivity contribution in [1.29, 1.82) is 0 Å². The summed E-state index contributed by atoms with van der Waals surface area (Å²) in [4.78, 5) is 18.5. The first-order valence-corrected chi connectivity index (χ1v) is 7.57. The molecule has 2 aromatic carbocycles. The van der Waals surface area contributed by atoms with E-state index in [2.05, 4.69) is 4.99 Å². The molecule has 4 heteroatoms. The van der Waals surface area contributed by atoms with Gasteiger partial charge >= 0.3 is 0 Å². The predicted molar refractivity (Wildman–Crippen MR) is 87.0 cm³/mol. The molecule has 1 heterocycles. The maximum absolute atomic E-state index is 11.8. The number of aliphatic imine (C=N–C) groups is 1. The van der Waals surface area contributed by atoms with Crippen LogP contribution in [0.1, 0.15) is 32.6 Å². The van der Waals surface area contributed by atoms with E-state index in [9.17, 15) is 4.79 Å². The van der Waals surface area contributed by atoms with E-state index in [1.54, 1.807) is 11.8 Å². The van der Waals surface area contributed by atoms with Gasteiger partial charge < -0.3 is 5.73 Å². The van der Waals surface area contributed by atoms with Gasteiger partial charge in [-0.05, 0) is 49.6 Å². The molecule has 0 radical (unpaired) electrons. The third-order valence-electron chi connectivity index (χ3n) is 3.96. The van der Waals surface area contributed by atoms with Crippen molar-refractivity contribution in [3.63, 3.8) is 0 Å². The van der Waals surface area contributed by atoms with Crippen LogP contribution in [0.3, 0.4) is 0 Å². The van der Waals surface area contributed by atoms with Gasteiger partial charge in [0.25, 0.3) is 0 Å². The summed E-state index contributed by atoms with van der Waals surface area (Å²) in [6, 6.07) is 8.02. The van der Waals surface area contributed by atoms with Crippen LogP contribution in [0.2, 0.25) is 0 Å². The Hall–Kier alpha value is -2.07. The maximum atomic E-state index is 11.8. The van der Waals surface area contributed by atoms with Crippen molar-refractivity contribution < 1.29 is 4.79 Å². The molecule has 0 spiro atoms. The van der Waals surface area contributed by atoms with E-state index < -0.39 is 0 Å². The molecule has 0 aromatic heterocycles. The highest BCUT2D eigenvalue weighted by atomic mass is 32.2. The van der Waals surface area contributed by atoms with Crippen LogP contribution in [-0.4, -0.2) is 12.1 Å². The van der Waals surface area contributed by atoms with E-state index >= 15 is 0 Å². The fraction of sp³-hybridized carbons (Fsp3) is 0.176. The maximum Gasteiger partial charge on any atom is 0.249 e. The summed E-state index contributed by atoms with van der Waals surface area (Å²) >= 11 is 1.65. The molecule has 106 valence electrons. The molecule has 0 fully saturated rings. The fourth-order valence-electron chi connectivity index (χ4n) is 2.71. The van der Waals surface area contributed by atoms with E-state index in [1.807, 2.05) is 51.3 Å². The van der Waals surface area contributed by atoms with Gasteiger partial charge in [0, 0.05) is 27.1 Å². The molecule has 1 aliphatic rings. The van der Waals surface area contributed by atoms with Crippen molar-refractivity contribution >= 4 is 29.6 Å². The molecule has 0 aliphatic carbocycles. The van der Waals surface area contributed by atoms with Gasteiger partial charge in [-0.2, -0.15) is 0 Å². The number of rotatable bonds is 1. The summed E-state index contributed by atoms with van der Waals surface area (Å²) in [5, 5.41) is 0. The average Bonchev–Trinajstić information content (AvgIpc) is 2.64. The number of para-hydroxylation sites is 1. The van der Waals surface area contributed by atoms with Gasteiger partial charge in [0.05, 0.1) is 5.69 Å². The Labute approximate surface area is 128 Å². The van der Waals surface area contributed by atoms with E-state index in [-0.39, 0.29) is 5.91 Å². The number of carbonyl (C=O) groups is 1. The zero-order valence-electron chi connectivity index (χ0n) is 12.2. The van der Waals surface area contributed by atoms with Gasteiger partial charge in [0.15, 0.2) is 0 Å². The van der Waals surface area contributed by atoms with E-state index in [4.69, 9.17) is 5.73 Å². The average molecular weight is 296 g/mol. The molecule has 2 N–H and O–H groups in total. The number of hydrogen-bond donors (Lipinski definition) is 1. The number of amides is 1. The zero-order valence-corrected chi connectivity index (χ0v) is 13.0. The summed E-state index contributed by atoms with van der Waals surface area (Å²) in [7, 11) is 0. The van der Waals surface area contributed by atoms with E-state index in [0.717, 1.165) is 37.7 Å². The lowest BCUT2D eigenvalue weighted by molar-refractivity contribution is 0.0999. The minimum Gasteiger partial charge on any atom is -0.366 e. The smallest absolute Gasteiger partial charge is 0.249 e. The van der Waals surface area contributed by atoms with Crippen LogP contribution in [0.4, 0.5) is 5.69 Å². The number of hydrogen-bond acceptors (Lipinski definition) is 3. The van der Waals surface area contributed by atoms with Gasteiger partial charge in [0.1, 0.15) is 0 Å². The van der Waals surface area contributed by atoms with Gasteiger partial charge in [-0.25, -0.2) is 0 Å². The van der Waals surface area contributed by atoms with Crippen LogP contribution in [0.15, 0.2) is 39.0 Å². The van der Waals surface area contributed by atoms with Gasteiger partial charge in [-0.15, -0.1) is 0 Å². The molecule has 0 bridgehead atoms. The zero-order chi connectivity index (χ0) is 15.1. The van der Waals surface area contributed by atoms with Crippen LogP contribution in [-0.2, 0) is 0 Å². The van der Waals surface area contributed by atoms with Crippen LogP contribution >= 0.6 is 11.8 Å². The topological polar surface area (TPSA) is 55.5 Å². The SMILES string of the molecule is Cc1c(C)c(C(N)=O)c(C)c2c1C=Nc1ccccc1S2. The highest BCUT2D eigenvalue weighted by Crippen LogP contribution is 2.42. The first-order valence-electron chi connectivity index (χ1n) is 6.75. The van der Waals surface area contributed by atoms with Crippen LogP contribution in [0.25, 0.3) is 0 Å². The summed E-state index contributed by atoms with van der Waals surface area (Å²) in [6.07, 6.45) is 1.90. The second-order valence-electron chi connectivity index (χ2n) is 5.19. The van der Waals surface area contributed by atoms with Crippen molar-refractivity contribution in [3.05, 3.63) is 52.1 Å². The Morgan fingerprint density at radius 2 is 1.81 bits per heavy atom. The molecule has 2 aromatic rings. The number of nitrogens with two attached hydrogens (primary N) is 1. The monoisotopic (exact) mass is 296 g/mol. The van der Waals surface area contributed by atoms with Crippen molar-refractivity contribution in [3.8, 4) is 0 Å². The third kappa shape index (κ3) is 2.16. The molecule has 3 rings (SSSR count). The second kappa shape index (κ2) is 5.04. The van der Waals surface area contributed by atoms with E-state index in [0.29, 0.717) is 5.56 Å². The van der Waals surface area contributed by atoms with Crippen molar-refractivity contribution in [1.82, 2.24) is 0 Å². The first-order chi connectivity index (χ1) is 10.0. The molecule has 0 unspecified atom stereocenters. The normalized spacial score (nSPS) is 12.5.